The van der Waals surface area contributed by atoms with Gasteiger partial charge in [0.05, 0.1) is 34.0 Å². The number of aromatic hydroxyl groups is 1. The number of phenolic OH excluding ortho intramolecular Hbond substituents is 1. The number of nitrogens with two attached hydrogens (primary N) is 1. The van der Waals surface area contributed by atoms with Gasteiger partial charge in [0.1, 0.15) is 5.69 Å². The number of azo groups is 2. The highest BCUT2D eigenvalue weighted by atomic mass is 32.2. The maximum atomic E-state index is 11.0. The van der Waals surface area contributed by atoms with Gasteiger partial charge in [-0.3, -0.25) is 0 Å². The van der Waals surface area contributed by atoms with E-state index in [9.17, 15) is 5.11 Å². The maximum absolute atomic E-state index is 11.0. The second-order valence-electron chi connectivity index (χ2n) is 8.17. The minimum Gasteiger partial charge on any atom is -0.505 e. The molecule has 10 heteroatoms. The van der Waals surface area contributed by atoms with Gasteiger partial charge in [-0.2, -0.15) is 5.11 Å². The molecule has 5 rings (SSSR count). The van der Waals surface area contributed by atoms with Crippen LogP contribution in [0.15, 0.2) is 110 Å². The first kappa shape index (κ1) is 24.3. The molecule has 4 N–H and O–H groups in total. The van der Waals surface area contributed by atoms with Gasteiger partial charge in [0.15, 0.2) is 5.75 Å². The molecule has 0 amide bonds. The van der Waals surface area contributed by atoms with Crippen molar-refractivity contribution in [2.75, 3.05) is 5.73 Å². The van der Waals surface area contributed by atoms with Crippen molar-refractivity contribution in [3.63, 3.8) is 0 Å². The molecule has 0 spiro atoms. The van der Waals surface area contributed by atoms with Crippen molar-refractivity contribution < 1.29 is 19.7 Å². The number of aryl methyl sites for hydroxylation is 1. The van der Waals surface area contributed by atoms with Crippen LogP contribution in [-0.4, -0.2) is 10.4 Å². The highest BCUT2D eigenvalue weighted by molar-refractivity contribution is 7.94. The highest BCUT2D eigenvalue weighted by Gasteiger charge is 2.16. The van der Waals surface area contributed by atoms with Gasteiger partial charge >= 0.3 is 0 Å². The van der Waals surface area contributed by atoms with Crippen LogP contribution in [0.3, 0.4) is 0 Å². The van der Waals surface area contributed by atoms with E-state index >= 15 is 0 Å². The van der Waals surface area contributed by atoms with E-state index in [2.05, 4.69) is 29.8 Å². The summed E-state index contributed by atoms with van der Waals surface area (Å²) in [5.41, 5.74) is 9.58. The number of hydrogen-bond donors (Lipinski definition) is 3. The summed E-state index contributed by atoms with van der Waals surface area (Å²) >= 11 is 0.684. The van der Waals surface area contributed by atoms with Crippen LogP contribution < -0.4 is 5.73 Å². The van der Waals surface area contributed by atoms with Gasteiger partial charge in [0.2, 0.25) is 0 Å². The van der Waals surface area contributed by atoms with E-state index < -0.39 is 0 Å². The minimum absolute atomic E-state index is 0.133. The molecule has 0 aliphatic heterocycles. The SMILES string of the molecule is Cc1ccc2c(N=Nc3ccccc3)ccc(N=Nc3c(SOOO)cc4ccc(N)cc4c3O)c2c1. The van der Waals surface area contributed by atoms with Crippen LogP contribution in [-0.2, 0) is 9.37 Å². The van der Waals surface area contributed by atoms with Crippen molar-refractivity contribution in [3.8, 4) is 5.75 Å². The molecule has 0 aromatic heterocycles. The lowest BCUT2D eigenvalue weighted by molar-refractivity contribution is -0.432. The Balaban J connectivity index is 1.60. The first-order valence-corrected chi connectivity index (χ1v) is 11.9. The van der Waals surface area contributed by atoms with Gasteiger partial charge in [-0.05, 0) is 60.8 Å². The number of phenols is 1. The zero-order chi connectivity index (χ0) is 25.8. The lowest BCUT2D eigenvalue weighted by Crippen LogP contribution is -1.87. The second-order valence-corrected chi connectivity index (χ2v) is 8.91. The molecule has 184 valence electrons. The molecule has 5 aromatic rings. The van der Waals surface area contributed by atoms with E-state index in [1.807, 2.05) is 61.5 Å². The van der Waals surface area contributed by atoms with Crippen molar-refractivity contribution in [2.45, 2.75) is 11.8 Å². The summed E-state index contributed by atoms with van der Waals surface area (Å²) in [5, 5.41) is 43.8. The maximum Gasteiger partial charge on any atom is 0.152 e. The summed E-state index contributed by atoms with van der Waals surface area (Å²) in [6.45, 7) is 1.99. The summed E-state index contributed by atoms with van der Waals surface area (Å²) in [6.07, 6.45) is 0. The molecule has 0 aliphatic rings. The van der Waals surface area contributed by atoms with E-state index in [0.717, 1.165) is 22.0 Å². The summed E-state index contributed by atoms with van der Waals surface area (Å²) < 4.78 is 4.62. The van der Waals surface area contributed by atoms with Gasteiger partial charge in [-0.15, -0.1) is 19.7 Å². The molecule has 0 unspecified atom stereocenters. The number of rotatable bonds is 7. The predicted molar refractivity (Wildman–Crippen MR) is 144 cm³/mol. The smallest absolute Gasteiger partial charge is 0.152 e. The van der Waals surface area contributed by atoms with Crippen LogP contribution in [0, 0.1) is 6.92 Å². The Morgan fingerprint density at radius 3 is 2.30 bits per heavy atom. The van der Waals surface area contributed by atoms with E-state index in [-0.39, 0.29) is 11.4 Å². The van der Waals surface area contributed by atoms with E-state index in [1.165, 1.54) is 0 Å². The lowest BCUT2D eigenvalue weighted by Gasteiger charge is -2.10. The fourth-order valence-corrected chi connectivity index (χ4v) is 4.38. The normalized spacial score (nSPS) is 11.8. The number of fused-ring (bicyclic) bond motifs is 2. The number of anilines is 1. The minimum atomic E-state index is -0.133. The van der Waals surface area contributed by atoms with Crippen molar-refractivity contribution >= 4 is 62.0 Å². The molecule has 37 heavy (non-hydrogen) atoms. The first-order valence-electron chi connectivity index (χ1n) is 11.2. The van der Waals surface area contributed by atoms with Crippen LogP contribution >= 0.6 is 12.0 Å². The molecule has 0 radical (unpaired) electrons. The fraction of sp³-hybridized carbons (Fsp3) is 0.0370. The molecule has 0 heterocycles. The Morgan fingerprint density at radius 1 is 0.757 bits per heavy atom. The average Bonchev–Trinajstić information content (AvgIpc) is 2.91. The quantitative estimate of drug-likeness (QED) is 0.0656. The molecule has 0 saturated heterocycles. The zero-order valence-corrected chi connectivity index (χ0v) is 20.4. The number of hydrogen-bond acceptors (Lipinski definition) is 10. The number of nitrogens with zero attached hydrogens (tertiary/aromatic N) is 4. The molecule has 0 saturated carbocycles. The summed E-state index contributed by atoms with van der Waals surface area (Å²) in [6, 6.07) is 25.9. The third kappa shape index (κ3) is 5.27. The fourth-order valence-electron chi connectivity index (χ4n) is 3.89. The lowest BCUT2D eigenvalue weighted by atomic mass is 10.0. The van der Waals surface area contributed by atoms with Crippen LogP contribution in [0.5, 0.6) is 5.75 Å². The summed E-state index contributed by atoms with van der Waals surface area (Å²) in [7, 11) is 0. The molecular formula is C27H21N5O4S. The summed E-state index contributed by atoms with van der Waals surface area (Å²) in [4.78, 5) is 0.376. The third-order valence-corrected chi connectivity index (χ3v) is 6.26. The molecular weight excluding hydrogens is 490 g/mol. The molecule has 0 bridgehead atoms. The van der Waals surface area contributed by atoms with Crippen LogP contribution in [0.2, 0.25) is 0 Å². The van der Waals surface area contributed by atoms with Crippen molar-refractivity contribution in [1.29, 1.82) is 0 Å². The van der Waals surface area contributed by atoms with Crippen molar-refractivity contribution in [1.82, 2.24) is 0 Å². The monoisotopic (exact) mass is 511 g/mol. The van der Waals surface area contributed by atoms with Gasteiger partial charge < -0.3 is 10.8 Å². The Morgan fingerprint density at radius 2 is 1.51 bits per heavy atom. The average molecular weight is 512 g/mol. The number of benzene rings is 5. The molecule has 5 aromatic carbocycles. The van der Waals surface area contributed by atoms with Crippen LogP contribution in [0.25, 0.3) is 21.5 Å². The van der Waals surface area contributed by atoms with E-state index in [4.69, 9.17) is 11.0 Å². The Hall–Kier alpha value is -4.35. The number of nitrogen functional groups attached to an aromatic ring is 1. The third-order valence-electron chi connectivity index (χ3n) is 5.64. The Labute approximate surface area is 216 Å². The van der Waals surface area contributed by atoms with Crippen LogP contribution in [0.1, 0.15) is 5.56 Å². The Kier molecular flexibility index (Phi) is 7.06. The van der Waals surface area contributed by atoms with Gasteiger partial charge in [-0.1, -0.05) is 47.0 Å². The highest BCUT2D eigenvalue weighted by Crippen LogP contribution is 2.45. The zero-order valence-electron chi connectivity index (χ0n) is 19.6. The molecule has 0 atom stereocenters. The standard InChI is InChI=1S/C27H21N5O4S/c1-16-7-10-20-22(13-16)24(12-11-23(20)30-29-19-5-3-2-4-6-19)31-32-26-25(37-36-35-34)14-17-8-9-18(28)15-21(17)27(26)33/h2-15,33-34H,28H2,1H3. The van der Waals surface area contributed by atoms with Gasteiger partial charge in [0, 0.05) is 21.8 Å². The summed E-state index contributed by atoms with van der Waals surface area (Å²) in [5.74, 6) is -0.133. The second kappa shape index (κ2) is 10.7. The topological polar surface area (TPSA) is 134 Å². The van der Waals surface area contributed by atoms with Crippen molar-refractivity contribution in [3.05, 3.63) is 90.5 Å². The largest absolute Gasteiger partial charge is 0.505 e. The molecule has 0 aliphatic carbocycles. The van der Waals surface area contributed by atoms with Crippen molar-refractivity contribution in [2.24, 2.45) is 20.5 Å². The molecule has 0 fully saturated rings. The van der Waals surface area contributed by atoms with Gasteiger partial charge in [0.25, 0.3) is 0 Å². The predicted octanol–water partition coefficient (Wildman–Crippen LogP) is 8.85. The first-order chi connectivity index (χ1) is 18.0. The molecule has 9 nitrogen and oxygen atoms in total. The van der Waals surface area contributed by atoms with E-state index in [0.29, 0.717) is 44.8 Å². The van der Waals surface area contributed by atoms with Crippen LogP contribution in [0.4, 0.5) is 28.4 Å². The Bertz CT molecular complexity index is 1660. The van der Waals surface area contributed by atoms with Gasteiger partial charge in [-0.25, -0.2) is 5.26 Å². The van der Waals surface area contributed by atoms with E-state index in [1.54, 1.807) is 30.3 Å².